The Bertz CT molecular complexity index is 516. The molecule has 0 saturated carbocycles. The summed E-state index contributed by atoms with van der Waals surface area (Å²) in [6.07, 6.45) is 3.62. The Labute approximate surface area is 120 Å². The van der Waals surface area contributed by atoms with Crippen LogP contribution in [0.1, 0.15) is 25.8 Å². The molecule has 0 saturated heterocycles. The second-order valence-electron chi connectivity index (χ2n) is 4.80. The maximum atomic E-state index is 5.50. The quantitative estimate of drug-likeness (QED) is 0.839. The fraction of sp³-hybridized carbons (Fsp3) is 0.375. The molecule has 1 heterocycles. The number of benzene rings is 1. The number of nitrogens with one attached hydrogen (secondary N) is 1. The Hall–Kier alpha value is -2.10. The van der Waals surface area contributed by atoms with Crippen LogP contribution in [0.15, 0.2) is 42.6 Å². The number of rotatable bonds is 7. The van der Waals surface area contributed by atoms with Gasteiger partial charge in [0.1, 0.15) is 0 Å². The molecule has 0 aliphatic carbocycles. The number of anilines is 1. The molecule has 0 fully saturated rings. The van der Waals surface area contributed by atoms with E-state index in [-0.39, 0.29) is 6.04 Å². The lowest BCUT2D eigenvalue weighted by Crippen LogP contribution is -2.19. The first-order valence-corrected chi connectivity index (χ1v) is 7.04. The van der Waals surface area contributed by atoms with Crippen LogP contribution in [-0.4, -0.2) is 22.6 Å². The molecule has 20 heavy (non-hydrogen) atoms. The van der Waals surface area contributed by atoms with E-state index in [9.17, 15) is 0 Å². The zero-order chi connectivity index (χ0) is 14.2. The predicted octanol–water partition coefficient (Wildman–Crippen LogP) is 3.31. The van der Waals surface area contributed by atoms with E-state index < -0.39 is 0 Å². The molecule has 0 aliphatic heterocycles. The molecule has 2 aromatic rings. The molecule has 106 valence electrons. The first kappa shape index (κ1) is 14.3. The van der Waals surface area contributed by atoms with Gasteiger partial charge in [-0.3, -0.25) is 0 Å². The fourth-order valence-electron chi connectivity index (χ4n) is 1.94. The summed E-state index contributed by atoms with van der Waals surface area (Å²) < 4.78 is 5.50. The van der Waals surface area contributed by atoms with Gasteiger partial charge in [0, 0.05) is 18.3 Å². The van der Waals surface area contributed by atoms with Crippen LogP contribution < -0.4 is 10.1 Å². The molecule has 1 atom stereocenters. The number of aromatic nitrogens is 2. The van der Waals surface area contributed by atoms with E-state index in [2.05, 4.69) is 53.4 Å². The van der Waals surface area contributed by atoms with Crippen LogP contribution in [0.4, 0.5) is 5.95 Å². The number of nitrogens with zero attached hydrogens (tertiary/aromatic N) is 2. The van der Waals surface area contributed by atoms with E-state index in [1.165, 1.54) is 5.56 Å². The van der Waals surface area contributed by atoms with E-state index in [4.69, 9.17) is 4.74 Å². The van der Waals surface area contributed by atoms with E-state index in [1.54, 1.807) is 12.3 Å². The highest BCUT2D eigenvalue weighted by atomic mass is 16.5. The molecule has 4 nitrogen and oxygen atoms in total. The normalized spacial score (nSPS) is 11.9. The second-order valence-corrected chi connectivity index (χ2v) is 4.80. The average molecular weight is 271 g/mol. The summed E-state index contributed by atoms with van der Waals surface area (Å²) >= 11 is 0. The summed E-state index contributed by atoms with van der Waals surface area (Å²) in [4.78, 5) is 8.57. The van der Waals surface area contributed by atoms with Crippen molar-refractivity contribution in [1.29, 1.82) is 0 Å². The van der Waals surface area contributed by atoms with Gasteiger partial charge < -0.3 is 10.1 Å². The predicted molar refractivity (Wildman–Crippen MR) is 81.0 cm³/mol. The van der Waals surface area contributed by atoms with Gasteiger partial charge in [-0.05, 0) is 25.3 Å². The molecule has 1 N–H and O–H groups in total. The first-order chi connectivity index (χ1) is 9.78. The first-order valence-electron chi connectivity index (χ1n) is 7.04. The van der Waals surface area contributed by atoms with Crippen molar-refractivity contribution in [1.82, 2.24) is 9.97 Å². The monoisotopic (exact) mass is 271 g/mol. The van der Waals surface area contributed by atoms with Gasteiger partial charge >= 0.3 is 0 Å². The zero-order valence-electron chi connectivity index (χ0n) is 12.0. The Morgan fingerprint density at radius 3 is 2.75 bits per heavy atom. The Balaban J connectivity index is 1.92. The van der Waals surface area contributed by atoms with Crippen molar-refractivity contribution in [3.63, 3.8) is 0 Å². The molecular formula is C16H21N3O. The summed E-state index contributed by atoms with van der Waals surface area (Å²) in [5, 5.41) is 3.30. The van der Waals surface area contributed by atoms with Gasteiger partial charge in [0.2, 0.25) is 11.8 Å². The highest BCUT2D eigenvalue weighted by molar-refractivity contribution is 5.29. The average Bonchev–Trinajstić information content (AvgIpc) is 2.46. The maximum Gasteiger partial charge on any atom is 0.226 e. The van der Waals surface area contributed by atoms with Crippen LogP contribution >= 0.6 is 0 Å². The third-order valence-electron chi connectivity index (χ3n) is 2.84. The van der Waals surface area contributed by atoms with Gasteiger partial charge in [0.15, 0.2) is 0 Å². The highest BCUT2D eigenvalue weighted by Gasteiger charge is 2.06. The summed E-state index contributed by atoms with van der Waals surface area (Å²) in [7, 11) is 0. The minimum Gasteiger partial charge on any atom is -0.478 e. The number of hydrogen-bond acceptors (Lipinski definition) is 4. The molecule has 1 aromatic heterocycles. The SMILES string of the molecule is CCCOc1ccnc(NC(C)Cc2ccccc2)n1. The molecule has 0 radical (unpaired) electrons. The van der Waals surface area contributed by atoms with E-state index in [0.29, 0.717) is 18.4 Å². The summed E-state index contributed by atoms with van der Waals surface area (Å²) in [6, 6.07) is 12.4. The molecule has 0 bridgehead atoms. The fourth-order valence-corrected chi connectivity index (χ4v) is 1.94. The number of ether oxygens (including phenoxy) is 1. The van der Waals surface area contributed by atoms with Crippen molar-refractivity contribution in [3.05, 3.63) is 48.2 Å². The van der Waals surface area contributed by atoms with Crippen molar-refractivity contribution in [2.45, 2.75) is 32.7 Å². The Morgan fingerprint density at radius 1 is 1.20 bits per heavy atom. The van der Waals surface area contributed by atoms with Crippen LogP contribution in [0.25, 0.3) is 0 Å². The standard InChI is InChI=1S/C16H21N3O/c1-3-11-20-15-9-10-17-16(19-15)18-13(2)12-14-7-5-4-6-8-14/h4-10,13H,3,11-12H2,1-2H3,(H,17,18,19). The third kappa shape index (κ3) is 4.53. The topological polar surface area (TPSA) is 47.0 Å². The third-order valence-corrected chi connectivity index (χ3v) is 2.84. The molecule has 0 amide bonds. The molecule has 0 spiro atoms. The lowest BCUT2D eigenvalue weighted by molar-refractivity contribution is 0.305. The lowest BCUT2D eigenvalue weighted by Gasteiger charge is -2.14. The Morgan fingerprint density at radius 2 is 2.00 bits per heavy atom. The maximum absolute atomic E-state index is 5.50. The second kappa shape index (κ2) is 7.48. The van der Waals surface area contributed by atoms with Gasteiger partial charge in [-0.2, -0.15) is 4.98 Å². The van der Waals surface area contributed by atoms with Gasteiger partial charge in [-0.1, -0.05) is 37.3 Å². The van der Waals surface area contributed by atoms with E-state index in [1.807, 2.05) is 6.07 Å². The largest absolute Gasteiger partial charge is 0.478 e. The zero-order valence-corrected chi connectivity index (χ0v) is 12.0. The molecule has 1 aromatic carbocycles. The van der Waals surface area contributed by atoms with Crippen LogP contribution in [0.5, 0.6) is 5.88 Å². The highest BCUT2D eigenvalue weighted by Crippen LogP contribution is 2.11. The van der Waals surface area contributed by atoms with Crippen LogP contribution in [0.3, 0.4) is 0 Å². The Kier molecular flexibility index (Phi) is 5.35. The van der Waals surface area contributed by atoms with Gasteiger partial charge in [-0.15, -0.1) is 0 Å². The summed E-state index contributed by atoms with van der Waals surface area (Å²) in [5.74, 6) is 1.23. The summed E-state index contributed by atoms with van der Waals surface area (Å²) in [6.45, 7) is 4.87. The molecule has 2 rings (SSSR count). The van der Waals surface area contributed by atoms with Crippen molar-refractivity contribution in [2.75, 3.05) is 11.9 Å². The summed E-state index contributed by atoms with van der Waals surface area (Å²) in [5.41, 5.74) is 1.30. The van der Waals surface area contributed by atoms with Crippen molar-refractivity contribution in [2.24, 2.45) is 0 Å². The van der Waals surface area contributed by atoms with E-state index >= 15 is 0 Å². The van der Waals surface area contributed by atoms with Crippen molar-refractivity contribution < 1.29 is 4.74 Å². The minimum absolute atomic E-state index is 0.263. The molecule has 1 unspecified atom stereocenters. The molecule has 0 aliphatic rings. The van der Waals surface area contributed by atoms with Crippen LogP contribution in [0.2, 0.25) is 0 Å². The van der Waals surface area contributed by atoms with Gasteiger partial charge in [0.25, 0.3) is 0 Å². The van der Waals surface area contributed by atoms with Gasteiger partial charge in [-0.25, -0.2) is 4.98 Å². The molecular weight excluding hydrogens is 250 g/mol. The van der Waals surface area contributed by atoms with Crippen molar-refractivity contribution >= 4 is 5.95 Å². The van der Waals surface area contributed by atoms with Gasteiger partial charge in [0.05, 0.1) is 6.61 Å². The minimum atomic E-state index is 0.263. The van der Waals surface area contributed by atoms with Crippen LogP contribution in [-0.2, 0) is 6.42 Å². The lowest BCUT2D eigenvalue weighted by atomic mass is 10.1. The van der Waals surface area contributed by atoms with Crippen molar-refractivity contribution in [3.8, 4) is 5.88 Å². The van der Waals surface area contributed by atoms with E-state index in [0.717, 1.165) is 12.8 Å². The molecule has 4 heteroatoms. The number of hydrogen-bond donors (Lipinski definition) is 1. The smallest absolute Gasteiger partial charge is 0.226 e. The van der Waals surface area contributed by atoms with Crippen LogP contribution in [0, 0.1) is 0 Å².